The molecule has 3 nitrogen and oxygen atoms in total. The van der Waals surface area contributed by atoms with Crippen molar-refractivity contribution in [2.45, 2.75) is 56.7 Å². The highest BCUT2D eigenvalue weighted by Gasteiger charge is 2.29. The summed E-state index contributed by atoms with van der Waals surface area (Å²) in [6.07, 6.45) is 7.20. The SMILES string of the molecule is CN1CCCC1CCN1CCCC1CC(O)c1cccs1. The van der Waals surface area contributed by atoms with Crippen LogP contribution in [0.3, 0.4) is 0 Å². The molecule has 0 spiro atoms. The molecule has 2 saturated heterocycles. The zero-order valence-corrected chi connectivity index (χ0v) is 13.9. The standard InChI is InChI=1S/C17H28N2OS/c1-18-9-2-5-14(18)8-11-19-10-3-6-15(19)13-16(20)17-7-4-12-21-17/h4,7,12,14-16,20H,2-3,5-6,8-11,13H2,1H3. The van der Waals surface area contributed by atoms with E-state index in [0.717, 1.165) is 17.3 Å². The molecule has 3 heterocycles. The minimum Gasteiger partial charge on any atom is -0.388 e. The number of thiophene rings is 1. The molecule has 2 aliphatic heterocycles. The predicted molar refractivity (Wildman–Crippen MR) is 88.8 cm³/mol. The Morgan fingerprint density at radius 2 is 2.10 bits per heavy atom. The normalized spacial score (nSPS) is 29.2. The molecule has 0 amide bonds. The van der Waals surface area contributed by atoms with Gasteiger partial charge < -0.3 is 14.9 Å². The Kier molecular flexibility index (Phi) is 5.33. The third-order valence-corrected chi connectivity index (χ3v) is 6.26. The van der Waals surface area contributed by atoms with Crippen LogP contribution in [0.1, 0.15) is 49.5 Å². The summed E-state index contributed by atoms with van der Waals surface area (Å²) in [6, 6.07) is 5.45. The Morgan fingerprint density at radius 3 is 2.81 bits per heavy atom. The van der Waals surface area contributed by atoms with Gasteiger partial charge in [-0.15, -0.1) is 11.3 Å². The molecule has 21 heavy (non-hydrogen) atoms. The van der Waals surface area contributed by atoms with Crippen LogP contribution < -0.4 is 0 Å². The van der Waals surface area contributed by atoms with Gasteiger partial charge in [0.25, 0.3) is 0 Å². The van der Waals surface area contributed by atoms with Gasteiger partial charge in [-0.2, -0.15) is 0 Å². The molecule has 3 rings (SSSR count). The summed E-state index contributed by atoms with van der Waals surface area (Å²) in [4.78, 5) is 6.27. The smallest absolute Gasteiger partial charge is 0.0896 e. The maximum Gasteiger partial charge on any atom is 0.0896 e. The van der Waals surface area contributed by atoms with E-state index in [1.807, 2.05) is 6.07 Å². The Bertz CT molecular complexity index is 422. The number of nitrogens with zero attached hydrogens (tertiary/aromatic N) is 2. The van der Waals surface area contributed by atoms with Gasteiger partial charge in [0.1, 0.15) is 0 Å². The Hall–Kier alpha value is -0.420. The second-order valence-electron chi connectivity index (χ2n) is 6.66. The lowest BCUT2D eigenvalue weighted by Gasteiger charge is -2.28. The van der Waals surface area contributed by atoms with Gasteiger partial charge in [0.2, 0.25) is 0 Å². The fourth-order valence-electron chi connectivity index (χ4n) is 3.97. The molecule has 2 aliphatic rings. The zero-order valence-electron chi connectivity index (χ0n) is 13.1. The minimum atomic E-state index is -0.273. The maximum atomic E-state index is 10.4. The minimum absolute atomic E-state index is 0.273. The number of hydrogen-bond donors (Lipinski definition) is 1. The van der Waals surface area contributed by atoms with E-state index in [0.29, 0.717) is 6.04 Å². The van der Waals surface area contributed by atoms with Crippen molar-refractivity contribution >= 4 is 11.3 Å². The summed E-state index contributed by atoms with van der Waals surface area (Å²) in [6.45, 7) is 3.69. The highest BCUT2D eigenvalue weighted by molar-refractivity contribution is 7.10. The van der Waals surface area contributed by atoms with Gasteiger partial charge in [-0.1, -0.05) is 6.07 Å². The molecule has 0 radical (unpaired) electrons. The Morgan fingerprint density at radius 1 is 1.29 bits per heavy atom. The van der Waals surface area contributed by atoms with Crippen molar-refractivity contribution < 1.29 is 5.11 Å². The third kappa shape index (κ3) is 3.86. The molecule has 0 aromatic carbocycles. The van der Waals surface area contributed by atoms with Crippen LogP contribution in [0.2, 0.25) is 0 Å². The summed E-state index contributed by atoms with van der Waals surface area (Å²) >= 11 is 1.67. The summed E-state index contributed by atoms with van der Waals surface area (Å²) in [7, 11) is 2.26. The average molecular weight is 308 g/mol. The topological polar surface area (TPSA) is 26.7 Å². The third-order valence-electron chi connectivity index (χ3n) is 5.29. The van der Waals surface area contributed by atoms with Crippen LogP contribution in [-0.2, 0) is 0 Å². The predicted octanol–water partition coefficient (Wildman–Crippen LogP) is 3.12. The molecule has 1 aromatic heterocycles. The van der Waals surface area contributed by atoms with E-state index in [-0.39, 0.29) is 6.10 Å². The second-order valence-corrected chi connectivity index (χ2v) is 7.64. The van der Waals surface area contributed by atoms with Crippen molar-refractivity contribution in [1.82, 2.24) is 9.80 Å². The lowest BCUT2D eigenvalue weighted by Crippen LogP contribution is -2.35. The zero-order chi connectivity index (χ0) is 14.7. The van der Waals surface area contributed by atoms with E-state index >= 15 is 0 Å². The molecular formula is C17H28N2OS. The first-order valence-electron chi connectivity index (χ1n) is 8.40. The van der Waals surface area contributed by atoms with Crippen LogP contribution in [0.5, 0.6) is 0 Å². The molecule has 4 heteroatoms. The van der Waals surface area contributed by atoms with Crippen LogP contribution in [0, 0.1) is 0 Å². The Balaban J connectivity index is 1.48. The summed E-state index contributed by atoms with van der Waals surface area (Å²) in [5, 5.41) is 12.4. The van der Waals surface area contributed by atoms with E-state index < -0.39 is 0 Å². The molecule has 0 aliphatic carbocycles. The van der Waals surface area contributed by atoms with Crippen LogP contribution in [0.15, 0.2) is 17.5 Å². The number of hydrogen-bond acceptors (Lipinski definition) is 4. The lowest BCUT2D eigenvalue weighted by molar-refractivity contribution is 0.119. The van der Waals surface area contributed by atoms with Crippen molar-refractivity contribution in [1.29, 1.82) is 0 Å². The van der Waals surface area contributed by atoms with E-state index in [1.165, 1.54) is 51.7 Å². The molecule has 118 valence electrons. The Labute approximate surface area is 132 Å². The molecular weight excluding hydrogens is 280 g/mol. The van der Waals surface area contributed by atoms with Crippen LogP contribution in [0.4, 0.5) is 0 Å². The first-order valence-corrected chi connectivity index (χ1v) is 9.28. The van der Waals surface area contributed by atoms with Gasteiger partial charge in [0.05, 0.1) is 6.10 Å². The molecule has 1 aromatic rings. The van der Waals surface area contributed by atoms with Gasteiger partial charge in [-0.3, -0.25) is 0 Å². The van der Waals surface area contributed by atoms with E-state index in [4.69, 9.17) is 0 Å². The molecule has 0 bridgehead atoms. The van der Waals surface area contributed by atoms with Crippen molar-refractivity contribution in [3.63, 3.8) is 0 Å². The molecule has 3 atom stereocenters. The van der Waals surface area contributed by atoms with Crippen molar-refractivity contribution in [2.24, 2.45) is 0 Å². The summed E-state index contributed by atoms with van der Waals surface area (Å²) in [5.41, 5.74) is 0. The van der Waals surface area contributed by atoms with Crippen LogP contribution in [-0.4, -0.2) is 53.7 Å². The van der Waals surface area contributed by atoms with Crippen LogP contribution >= 0.6 is 11.3 Å². The van der Waals surface area contributed by atoms with Gasteiger partial charge in [-0.25, -0.2) is 0 Å². The monoisotopic (exact) mass is 308 g/mol. The van der Waals surface area contributed by atoms with Crippen LogP contribution in [0.25, 0.3) is 0 Å². The van der Waals surface area contributed by atoms with Crippen molar-refractivity contribution in [3.8, 4) is 0 Å². The average Bonchev–Trinajstić information content (AvgIpc) is 3.18. The molecule has 1 N–H and O–H groups in total. The van der Waals surface area contributed by atoms with E-state index in [1.54, 1.807) is 11.3 Å². The second kappa shape index (κ2) is 7.23. The van der Waals surface area contributed by atoms with Gasteiger partial charge in [-0.05, 0) is 76.7 Å². The fraction of sp³-hybridized carbons (Fsp3) is 0.765. The van der Waals surface area contributed by atoms with E-state index in [9.17, 15) is 5.11 Å². The molecule has 0 saturated carbocycles. The lowest BCUT2D eigenvalue weighted by atomic mass is 10.0. The highest BCUT2D eigenvalue weighted by atomic mass is 32.1. The largest absolute Gasteiger partial charge is 0.388 e. The summed E-state index contributed by atoms with van der Waals surface area (Å²) in [5.74, 6) is 0. The molecule has 3 unspecified atom stereocenters. The number of aliphatic hydroxyl groups is 1. The quantitative estimate of drug-likeness (QED) is 0.875. The van der Waals surface area contributed by atoms with Gasteiger partial charge in [0, 0.05) is 17.0 Å². The first-order chi connectivity index (χ1) is 10.2. The van der Waals surface area contributed by atoms with Crippen molar-refractivity contribution in [3.05, 3.63) is 22.4 Å². The number of rotatable bonds is 6. The highest BCUT2D eigenvalue weighted by Crippen LogP contribution is 2.30. The number of likely N-dealkylation sites (tertiary alicyclic amines) is 2. The first kappa shape index (κ1) is 15.5. The van der Waals surface area contributed by atoms with Gasteiger partial charge in [0.15, 0.2) is 0 Å². The fourth-order valence-corrected chi connectivity index (χ4v) is 4.69. The summed E-state index contributed by atoms with van der Waals surface area (Å²) < 4.78 is 0. The maximum absolute atomic E-state index is 10.4. The van der Waals surface area contributed by atoms with Gasteiger partial charge >= 0.3 is 0 Å². The molecule has 2 fully saturated rings. The number of aliphatic hydroxyl groups excluding tert-OH is 1. The van der Waals surface area contributed by atoms with E-state index in [2.05, 4.69) is 28.3 Å². The van der Waals surface area contributed by atoms with Crippen molar-refractivity contribution in [2.75, 3.05) is 26.7 Å².